The minimum absolute atomic E-state index is 0.114. The Morgan fingerprint density at radius 2 is 1.75 bits per heavy atom. The highest BCUT2D eigenvalue weighted by Gasteiger charge is 2.30. The number of amides is 1. The molecule has 0 fully saturated rings. The van der Waals surface area contributed by atoms with Gasteiger partial charge in [-0.2, -0.15) is 0 Å². The van der Waals surface area contributed by atoms with Crippen molar-refractivity contribution in [2.24, 2.45) is 0 Å². The largest absolute Gasteiger partial charge is 0.353 e. The van der Waals surface area contributed by atoms with E-state index in [0.717, 1.165) is 49.2 Å². The lowest BCUT2D eigenvalue weighted by atomic mass is 9.97. The zero-order chi connectivity index (χ0) is 19.0. The van der Waals surface area contributed by atoms with Gasteiger partial charge < -0.3 is 14.9 Å². The molecule has 0 atom stereocenters. The van der Waals surface area contributed by atoms with Crippen LogP contribution in [0.5, 0.6) is 0 Å². The zero-order valence-electron chi connectivity index (χ0n) is 14.7. The maximum absolute atomic E-state index is 13.5. The highest BCUT2D eigenvalue weighted by atomic mass is 19.3. The summed E-state index contributed by atoms with van der Waals surface area (Å²) in [6, 6.07) is 15.3. The van der Waals surface area contributed by atoms with Gasteiger partial charge in [0.2, 0.25) is 0 Å². The molecule has 2 aromatic heterocycles. The monoisotopic (exact) mass is 375 g/mol. The summed E-state index contributed by atoms with van der Waals surface area (Å²) in [5.41, 5.74) is 4.67. The molecule has 3 aromatic carbocycles. The van der Waals surface area contributed by atoms with Crippen molar-refractivity contribution in [2.75, 3.05) is 0 Å². The molecule has 4 nitrogen and oxygen atoms in total. The van der Waals surface area contributed by atoms with E-state index in [0.29, 0.717) is 12.1 Å². The molecule has 1 aliphatic heterocycles. The predicted molar refractivity (Wildman–Crippen MR) is 106 cm³/mol. The van der Waals surface area contributed by atoms with Gasteiger partial charge >= 0.3 is 0 Å². The average Bonchev–Trinajstić information content (AvgIpc) is 3.34. The Kier molecular flexibility index (Phi) is 2.97. The first-order chi connectivity index (χ1) is 13.6. The van der Waals surface area contributed by atoms with Crippen molar-refractivity contribution < 1.29 is 13.6 Å². The topological polar surface area (TPSA) is 49.8 Å². The predicted octanol–water partition coefficient (Wildman–Crippen LogP) is 4.94. The fraction of sp³-hybridized carbons (Fsp3) is 0.136. The number of nitrogens with one attached hydrogen (secondary N) is 2. The van der Waals surface area contributed by atoms with Gasteiger partial charge in [-0.25, -0.2) is 8.78 Å². The summed E-state index contributed by atoms with van der Waals surface area (Å²) in [4.78, 5) is 16.1. The summed E-state index contributed by atoms with van der Waals surface area (Å²) in [5.74, 6) is -0.114. The lowest BCUT2D eigenvalue weighted by molar-refractivity contribution is 0.0967. The van der Waals surface area contributed by atoms with Gasteiger partial charge in [-0.05, 0) is 17.7 Å². The molecule has 3 heterocycles. The van der Waals surface area contributed by atoms with E-state index in [9.17, 15) is 13.6 Å². The Bertz CT molecular complexity index is 1440. The highest BCUT2D eigenvalue weighted by molar-refractivity contribution is 6.30. The standard InChI is InChI=1S/C22H15F2N3O/c23-16(24)10-27-15-8-4-2-6-12(15)17-13-9-25-22(28)19(13)18-11-5-1-3-7-14(11)26-20(18)21(17)27/h1-8,16,26H,9-10H2,(H,25,28). The Balaban J connectivity index is 1.96. The quantitative estimate of drug-likeness (QED) is 0.451. The van der Waals surface area contributed by atoms with Crippen LogP contribution in [-0.2, 0) is 13.1 Å². The molecule has 6 rings (SSSR count). The van der Waals surface area contributed by atoms with Crippen molar-refractivity contribution in [3.8, 4) is 0 Å². The van der Waals surface area contributed by atoms with Gasteiger partial charge in [-0.3, -0.25) is 4.79 Å². The van der Waals surface area contributed by atoms with E-state index in [1.54, 1.807) is 4.57 Å². The van der Waals surface area contributed by atoms with Crippen LogP contribution >= 0.6 is 0 Å². The van der Waals surface area contributed by atoms with Crippen LogP contribution in [-0.4, -0.2) is 21.9 Å². The van der Waals surface area contributed by atoms with E-state index in [4.69, 9.17) is 0 Å². The fourth-order valence-electron chi connectivity index (χ4n) is 4.74. The molecule has 0 aliphatic carbocycles. The second kappa shape index (κ2) is 5.32. The van der Waals surface area contributed by atoms with Crippen molar-refractivity contribution in [3.63, 3.8) is 0 Å². The number of carbonyl (C=O) groups is 1. The maximum atomic E-state index is 13.5. The van der Waals surface area contributed by atoms with Crippen LogP contribution < -0.4 is 5.32 Å². The Morgan fingerprint density at radius 3 is 2.57 bits per heavy atom. The number of rotatable bonds is 2. The van der Waals surface area contributed by atoms with Crippen LogP contribution in [0, 0.1) is 0 Å². The molecule has 0 unspecified atom stereocenters. The minimum Gasteiger partial charge on any atom is -0.353 e. The van der Waals surface area contributed by atoms with Gasteiger partial charge in [0.15, 0.2) is 0 Å². The third-order valence-corrected chi connectivity index (χ3v) is 5.74. The number of H-pyrrole nitrogens is 1. The van der Waals surface area contributed by atoms with Gasteiger partial charge in [-0.1, -0.05) is 36.4 Å². The number of carbonyl (C=O) groups excluding carboxylic acids is 1. The minimum atomic E-state index is -2.48. The summed E-state index contributed by atoms with van der Waals surface area (Å²) < 4.78 is 28.7. The van der Waals surface area contributed by atoms with Crippen LogP contribution in [0.15, 0.2) is 48.5 Å². The summed E-state index contributed by atoms with van der Waals surface area (Å²) in [5, 5.41) is 6.45. The van der Waals surface area contributed by atoms with E-state index in [2.05, 4.69) is 10.3 Å². The number of hydrogen-bond donors (Lipinski definition) is 2. The molecule has 138 valence electrons. The number of aromatic nitrogens is 2. The molecule has 28 heavy (non-hydrogen) atoms. The smallest absolute Gasteiger partial charge is 0.256 e. The van der Waals surface area contributed by atoms with Crippen LogP contribution in [0.1, 0.15) is 15.9 Å². The van der Waals surface area contributed by atoms with Gasteiger partial charge in [0.1, 0.15) is 0 Å². The molecule has 0 bridgehead atoms. The van der Waals surface area contributed by atoms with Crippen LogP contribution in [0.2, 0.25) is 0 Å². The molecule has 0 spiro atoms. The molecule has 2 N–H and O–H groups in total. The molecule has 0 saturated carbocycles. The number of aromatic amines is 1. The van der Waals surface area contributed by atoms with Gasteiger partial charge in [0, 0.05) is 39.1 Å². The second-order valence-corrected chi connectivity index (χ2v) is 7.20. The van der Waals surface area contributed by atoms with Gasteiger partial charge in [0.05, 0.1) is 23.1 Å². The third-order valence-electron chi connectivity index (χ3n) is 5.74. The van der Waals surface area contributed by atoms with E-state index >= 15 is 0 Å². The summed E-state index contributed by atoms with van der Waals surface area (Å²) in [6.45, 7) is 0.0113. The molecule has 5 aromatic rings. The third kappa shape index (κ3) is 1.84. The number of fused-ring (bicyclic) bond motifs is 10. The van der Waals surface area contributed by atoms with Crippen LogP contribution in [0.4, 0.5) is 8.78 Å². The van der Waals surface area contributed by atoms with Crippen molar-refractivity contribution in [1.82, 2.24) is 14.9 Å². The first kappa shape index (κ1) is 15.6. The van der Waals surface area contributed by atoms with Crippen molar-refractivity contribution in [3.05, 3.63) is 59.7 Å². The molecule has 1 aliphatic rings. The number of alkyl halides is 2. The van der Waals surface area contributed by atoms with Crippen LogP contribution in [0.25, 0.3) is 43.6 Å². The van der Waals surface area contributed by atoms with E-state index in [1.165, 1.54) is 0 Å². The number of nitrogens with zero attached hydrogens (tertiary/aromatic N) is 1. The summed E-state index contributed by atoms with van der Waals surface area (Å²) >= 11 is 0. The Labute approximate surface area is 157 Å². The van der Waals surface area contributed by atoms with Gasteiger partial charge in [0.25, 0.3) is 12.3 Å². The lowest BCUT2D eigenvalue weighted by Gasteiger charge is -2.09. The van der Waals surface area contributed by atoms with E-state index < -0.39 is 13.0 Å². The molecular formula is C22H15F2N3O. The van der Waals surface area contributed by atoms with E-state index in [1.807, 2.05) is 48.5 Å². The summed E-state index contributed by atoms with van der Waals surface area (Å²) in [6.07, 6.45) is -2.48. The number of para-hydroxylation sites is 2. The van der Waals surface area contributed by atoms with Crippen molar-refractivity contribution in [2.45, 2.75) is 19.5 Å². The number of hydrogen-bond acceptors (Lipinski definition) is 1. The zero-order valence-corrected chi connectivity index (χ0v) is 14.7. The lowest BCUT2D eigenvalue weighted by Crippen LogP contribution is -2.12. The second-order valence-electron chi connectivity index (χ2n) is 7.20. The fourth-order valence-corrected chi connectivity index (χ4v) is 4.74. The highest BCUT2D eigenvalue weighted by Crippen LogP contribution is 2.43. The van der Waals surface area contributed by atoms with Gasteiger partial charge in [-0.15, -0.1) is 0 Å². The normalized spacial score (nSPS) is 14.0. The maximum Gasteiger partial charge on any atom is 0.256 e. The first-order valence-electron chi connectivity index (χ1n) is 9.17. The van der Waals surface area contributed by atoms with Crippen LogP contribution in [0.3, 0.4) is 0 Å². The molecule has 0 saturated heterocycles. The molecule has 0 radical (unpaired) electrons. The number of halogens is 2. The first-order valence-corrected chi connectivity index (χ1v) is 9.17. The summed E-state index contributed by atoms with van der Waals surface area (Å²) in [7, 11) is 0. The SMILES string of the molecule is O=C1NCc2c1c1c3ccccc3[nH]c1c1c2c2ccccc2n1CC(F)F. The molecule has 6 heteroatoms. The molecular weight excluding hydrogens is 360 g/mol. The number of benzene rings is 3. The van der Waals surface area contributed by atoms with Crippen molar-refractivity contribution >= 4 is 49.5 Å². The Morgan fingerprint density at radius 1 is 1.00 bits per heavy atom. The van der Waals surface area contributed by atoms with Crippen molar-refractivity contribution in [1.29, 1.82) is 0 Å². The average molecular weight is 375 g/mol. The van der Waals surface area contributed by atoms with E-state index in [-0.39, 0.29) is 5.91 Å². The molecule has 1 amide bonds. The Hall–Kier alpha value is -3.41.